The van der Waals surface area contributed by atoms with Crippen LogP contribution in [0.4, 0.5) is 0 Å². The van der Waals surface area contributed by atoms with Gasteiger partial charge in [0.2, 0.25) is 0 Å². The van der Waals surface area contributed by atoms with Crippen LogP contribution in [0.1, 0.15) is 30.7 Å². The minimum atomic E-state index is -0.775. The van der Waals surface area contributed by atoms with Gasteiger partial charge in [0, 0.05) is 6.54 Å². The summed E-state index contributed by atoms with van der Waals surface area (Å²) in [4.78, 5) is 12.6. The smallest absolute Gasteiger partial charge is 0.270 e. The van der Waals surface area contributed by atoms with Crippen molar-refractivity contribution >= 4 is 17.7 Å². The van der Waals surface area contributed by atoms with Crippen LogP contribution in [0.25, 0.3) is 11.8 Å². The van der Waals surface area contributed by atoms with E-state index in [-0.39, 0.29) is 12.5 Å². The maximum atomic E-state index is 12.6. The van der Waals surface area contributed by atoms with Crippen molar-refractivity contribution in [3.05, 3.63) is 41.7 Å². The molecule has 0 aliphatic heterocycles. The van der Waals surface area contributed by atoms with Gasteiger partial charge in [0.15, 0.2) is 5.82 Å². The fourth-order valence-electron chi connectivity index (χ4n) is 2.48. The first-order chi connectivity index (χ1) is 11.1. The van der Waals surface area contributed by atoms with Gasteiger partial charge in [-0.3, -0.25) is 4.79 Å². The molecule has 7 heteroatoms. The SMILES string of the molecule is Cc1nnnn1C(=Cc1ccccc1)C(=O)NCC1(O)CCC1. The Morgan fingerprint density at radius 2 is 2.13 bits per heavy atom. The zero-order chi connectivity index (χ0) is 16.3. The van der Waals surface area contributed by atoms with Gasteiger partial charge in [-0.1, -0.05) is 30.3 Å². The number of rotatable bonds is 5. The van der Waals surface area contributed by atoms with Crippen molar-refractivity contribution in [1.29, 1.82) is 0 Å². The van der Waals surface area contributed by atoms with Crippen LogP contribution in [0.2, 0.25) is 0 Å². The lowest BCUT2D eigenvalue weighted by Crippen LogP contribution is -2.48. The lowest BCUT2D eigenvalue weighted by molar-refractivity contribution is -0.118. The van der Waals surface area contributed by atoms with Gasteiger partial charge < -0.3 is 10.4 Å². The van der Waals surface area contributed by atoms with E-state index in [1.54, 1.807) is 13.0 Å². The molecule has 7 nitrogen and oxygen atoms in total. The summed E-state index contributed by atoms with van der Waals surface area (Å²) in [6.07, 6.45) is 4.15. The third-order valence-electron chi connectivity index (χ3n) is 4.05. The van der Waals surface area contributed by atoms with Crippen LogP contribution in [0.15, 0.2) is 30.3 Å². The summed E-state index contributed by atoms with van der Waals surface area (Å²) in [6, 6.07) is 9.49. The number of aromatic nitrogens is 4. The molecule has 1 aliphatic rings. The maximum Gasteiger partial charge on any atom is 0.270 e. The van der Waals surface area contributed by atoms with E-state index < -0.39 is 5.60 Å². The van der Waals surface area contributed by atoms with E-state index in [1.165, 1.54) is 4.68 Å². The lowest BCUT2D eigenvalue weighted by atomic mass is 9.80. The molecule has 0 unspecified atom stereocenters. The first-order valence-electron chi connectivity index (χ1n) is 7.60. The quantitative estimate of drug-likeness (QED) is 0.804. The van der Waals surface area contributed by atoms with Crippen molar-refractivity contribution in [3.63, 3.8) is 0 Å². The number of carbonyl (C=O) groups is 1. The van der Waals surface area contributed by atoms with E-state index in [2.05, 4.69) is 20.8 Å². The molecule has 1 aromatic carbocycles. The number of hydrogen-bond acceptors (Lipinski definition) is 5. The number of aryl methyl sites for hydroxylation is 1. The minimum absolute atomic E-state index is 0.235. The van der Waals surface area contributed by atoms with Gasteiger partial charge in [0.05, 0.1) is 5.60 Å². The highest BCUT2D eigenvalue weighted by Gasteiger charge is 2.34. The van der Waals surface area contributed by atoms with Crippen molar-refractivity contribution in [2.75, 3.05) is 6.54 Å². The van der Waals surface area contributed by atoms with Crippen molar-refractivity contribution in [1.82, 2.24) is 25.5 Å². The normalized spacial score (nSPS) is 16.7. The predicted octanol–water partition coefficient (Wildman–Crippen LogP) is 1.01. The summed E-state index contributed by atoms with van der Waals surface area (Å²) >= 11 is 0. The Morgan fingerprint density at radius 3 is 2.70 bits per heavy atom. The van der Waals surface area contributed by atoms with E-state index in [4.69, 9.17) is 0 Å². The van der Waals surface area contributed by atoms with Gasteiger partial charge in [0.25, 0.3) is 5.91 Å². The molecule has 1 saturated carbocycles. The predicted molar refractivity (Wildman–Crippen MR) is 85.0 cm³/mol. The number of hydrogen-bond donors (Lipinski definition) is 2. The molecular formula is C16H19N5O2. The monoisotopic (exact) mass is 313 g/mol. The fraction of sp³-hybridized carbons (Fsp3) is 0.375. The first kappa shape index (κ1) is 15.4. The average Bonchev–Trinajstić information content (AvgIpc) is 2.95. The zero-order valence-corrected chi connectivity index (χ0v) is 12.9. The third kappa shape index (κ3) is 3.45. The number of nitrogens with one attached hydrogen (secondary N) is 1. The standard InChI is InChI=1S/C16H19N5O2/c1-12-18-19-20-21(12)14(10-13-6-3-2-4-7-13)15(22)17-11-16(23)8-5-9-16/h2-4,6-7,10,23H,5,8-9,11H2,1H3,(H,17,22). The van der Waals surface area contributed by atoms with Gasteiger partial charge >= 0.3 is 0 Å². The van der Waals surface area contributed by atoms with Crippen molar-refractivity contribution in [2.45, 2.75) is 31.8 Å². The van der Waals surface area contributed by atoms with E-state index in [9.17, 15) is 9.90 Å². The highest BCUT2D eigenvalue weighted by Crippen LogP contribution is 2.30. The second-order valence-corrected chi connectivity index (χ2v) is 5.84. The minimum Gasteiger partial charge on any atom is -0.388 e. The molecule has 1 amide bonds. The lowest BCUT2D eigenvalue weighted by Gasteiger charge is -2.36. The fourth-order valence-corrected chi connectivity index (χ4v) is 2.48. The van der Waals surface area contributed by atoms with Gasteiger partial charge in [-0.05, 0) is 48.3 Å². The Hall–Kier alpha value is -2.54. The van der Waals surface area contributed by atoms with Gasteiger partial charge in [0.1, 0.15) is 5.70 Å². The molecular weight excluding hydrogens is 294 g/mol. The Bertz CT molecular complexity index is 719. The second kappa shape index (κ2) is 6.29. The average molecular weight is 313 g/mol. The highest BCUT2D eigenvalue weighted by atomic mass is 16.3. The molecule has 120 valence electrons. The van der Waals surface area contributed by atoms with Crippen LogP contribution >= 0.6 is 0 Å². The number of carbonyl (C=O) groups excluding carboxylic acids is 1. The van der Waals surface area contributed by atoms with Gasteiger partial charge in [-0.15, -0.1) is 5.10 Å². The Labute approximate surface area is 134 Å². The number of tetrazole rings is 1. The molecule has 1 heterocycles. The highest BCUT2D eigenvalue weighted by molar-refractivity contribution is 6.18. The van der Waals surface area contributed by atoms with E-state index >= 15 is 0 Å². The van der Waals surface area contributed by atoms with Crippen LogP contribution in [0.3, 0.4) is 0 Å². The first-order valence-corrected chi connectivity index (χ1v) is 7.60. The van der Waals surface area contributed by atoms with E-state index in [1.807, 2.05) is 30.3 Å². The third-order valence-corrected chi connectivity index (χ3v) is 4.05. The van der Waals surface area contributed by atoms with E-state index in [0.717, 1.165) is 24.8 Å². The number of aliphatic hydroxyl groups is 1. The Morgan fingerprint density at radius 1 is 1.39 bits per heavy atom. The van der Waals surface area contributed by atoms with Crippen molar-refractivity contribution in [2.24, 2.45) is 0 Å². The number of amides is 1. The van der Waals surface area contributed by atoms with Crippen LogP contribution < -0.4 is 5.32 Å². The summed E-state index contributed by atoms with van der Waals surface area (Å²) in [7, 11) is 0. The Kier molecular flexibility index (Phi) is 4.20. The van der Waals surface area contributed by atoms with Crippen LogP contribution in [-0.4, -0.2) is 43.4 Å². The summed E-state index contributed by atoms with van der Waals surface area (Å²) in [5.41, 5.74) is 0.417. The molecule has 3 rings (SSSR count). The maximum absolute atomic E-state index is 12.6. The molecule has 23 heavy (non-hydrogen) atoms. The zero-order valence-electron chi connectivity index (χ0n) is 12.9. The van der Waals surface area contributed by atoms with Crippen LogP contribution in [0.5, 0.6) is 0 Å². The molecule has 1 aromatic heterocycles. The molecule has 0 atom stereocenters. The van der Waals surface area contributed by atoms with Gasteiger partial charge in [-0.25, -0.2) is 0 Å². The molecule has 1 fully saturated rings. The summed E-state index contributed by atoms with van der Waals surface area (Å²) < 4.78 is 1.40. The largest absolute Gasteiger partial charge is 0.388 e. The molecule has 2 N–H and O–H groups in total. The molecule has 0 spiro atoms. The van der Waals surface area contributed by atoms with Gasteiger partial charge in [-0.2, -0.15) is 4.68 Å². The molecule has 2 aromatic rings. The van der Waals surface area contributed by atoms with Crippen LogP contribution in [0, 0.1) is 6.92 Å². The Balaban J connectivity index is 1.84. The summed E-state index contributed by atoms with van der Waals surface area (Å²) in [5, 5.41) is 24.2. The van der Waals surface area contributed by atoms with Crippen LogP contribution in [-0.2, 0) is 4.79 Å². The molecule has 0 saturated heterocycles. The molecule has 0 radical (unpaired) electrons. The number of nitrogens with zero attached hydrogens (tertiary/aromatic N) is 4. The number of benzene rings is 1. The van der Waals surface area contributed by atoms with E-state index in [0.29, 0.717) is 11.5 Å². The summed E-state index contributed by atoms with van der Waals surface area (Å²) in [6.45, 7) is 1.96. The molecule has 1 aliphatic carbocycles. The summed E-state index contributed by atoms with van der Waals surface area (Å²) in [5.74, 6) is 0.203. The van der Waals surface area contributed by atoms with Crippen molar-refractivity contribution in [3.8, 4) is 0 Å². The molecule has 0 bridgehead atoms. The van der Waals surface area contributed by atoms with Crippen molar-refractivity contribution < 1.29 is 9.90 Å². The second-order valence-electron chi connectivity index (χ2n) is 5.84. The topological polar surface area (TPSA) is 92.9 Å².